The van der Waals surface area contributed by atoms with E-state index in [2.05, 4.69) is 0 Å². The van der Waals surface area contributed by atoms with Gasteiger partial charge in [0, 0.05) is 18.1 Å². The molecule has 0 radical (unpaired) electrons. The molecule has 5 nitrogen and oxygen atoms in total. The molecular formula is C8H12F2N2O3S. The first-order chi connectivity index (χ1) is 7.52. The van der Waals surface area contributed by atoms with Crippen molar-refractivity contribution in [1.82, 2.24) is 10.2 Å². The Morgan fingerprint density at radius 3 is 2.81 bits per heavy atom. The Hall–Kier alpha value is -1.05. The maximum absolute atomic E-state index is 11.9. The van der Waals surface area contributed by atoms with E-state index >= 15 is 0 Å². The molecule has 16 heavy (non-hydrogen) atoms. The van der Waals surface area contributed by atoms with Crippen molar-refractivity contribution in [2.75, 3.05) is 24.6 Å². The highest BCUT2D eigenvalue weighted by Gasteiger charge is 2.32. The van der Waals surface area contributed by atoms with Gasteiger partial charge in [0.15, 0.2) is 0 Å². The maximum Gasteiger partial charge on any atom is 0.327 e. The summed E-state index contributed by atoms with van der Waals surface area (Å²) in [6, 6.07) is -1.68. The molecule has 92 valence electrons. The Kier molecular flexibility index (Phi) is 4.78. The van der Waals surface area contributed by atoms with Gasteiger partial charge in [-0.05, 0) is 0 Å². The van der Waals surface area contributed by atoms with Crippen LogP contribution in [0.2, 0.25) is 0 Å². The van der Waals surface area contributed by atoms with Gasteiger partial charge in [0.25, 0.3) is 6.43 Å². The Bertz CT molecular complexity index is 278. The smallest absolute Gasteiger partial charge is 0.327 e. The van der Waals surface area contributed by atoms with Gasteiger partial charge in [0.1, 0.15) is 6.04 Å². The summed E-state index contributed by atoms with van der Waals surface area (Å²) in [7, 11) is 0. The third-order valence-electron chi connectivity index (χ3n) is 2.08. The molecule has 1 fully saturated rings. The molecular weight excluding hydrogens is 242 g/mol. The fourth-order valence-corrected chi connectivity index (χ4v) is 2.36. The Balaban J connectivity index is 2.54. The van der Waals surface area contributed by atoms with Crippen LogP contribution in [0.5, 0.6) is 0 Å². The summed E-state index contributed by atoms with van der Waals surface area (Å²) in [5.74, 6) is -0.206. The second kappa shape index (κ2) is 5.88. The molecule has 8 heteroatoms. The zero-order valence-corrected chi connectivity index (χ0v) is 9.17. The van der Waals surface area contributed by atoms with E-state index in [9.17, 15) is 18.4 Å². The molecule has 0 aliphatic carbocycles. The molecule has 1 unspecified atom stereocenters. The molecule has 0 saturated carbocycles. The number of rotatable bonds is 3. The van der Waals surface area contributed by atoms with Crippen LogP contribution in [0.25, 0.3) is 0 Å². The van der Waals surface area contributed by atoms with Gasteiger partial charge in [0.05, 0.1) is 6.54 Å². The number of carboxylic acids is 1. The second-order valence-corrected chi connectivity index (χ2v) is 4.35. The van der Waals surface area contributed by atoms with E-state index in [-0.39, 0.29) is 12.3 Å². The van der Waals surface area contributed by atoms with E-state index in [1.54, 1.807) is 0 Å². The minimum atomic E-state index is -2.63. The predicted molar refractivity (Wildman–Crippen MR) is 54.9 cm³/mol. The molecule has 0 aromatic rings. The van der Waals surface area contributed by atoms with E-state index in [1.165, 1.54) is 11.8 Å². The van der Waals surface area contributed by atoms with Crippen molar-refractivity contribution >= 4 is 23.8 Å². The molecule has 2 amide bonds. The first-order valence-corrected chi connectivity index (χ1v) is 5.81. The molecule has 1 saturated heterocycles. The summed E-state index contributed by atoms with van der Waals surface area (Å²) in [6.07, 6.45) is -2.63. The lowest BCUT2D eigenvalue weighted by molar-refractivity contribution is -0.141. The van der Waals surface area contributed by atoms with Gasteiger partial charge in [0.2, 0.25) is 0 Å². The van der Waals surface area contributed by atoms with Crippen LogP contribution in [0.15, 0.2) is 0 Å². The van der Waals surface area contributed by atoms with E-state index in [0.717, 1.165) is 4.90 Å². The van der Waals surface area contributed by atoms with Crippen molar-refractivity contribution in [1.29, 1.82) is 0 Å². The minimum Gasteiger partial charge on any atom is -0.480 e. The average Bonchev–Trinajstić information content (AvgIpc) is 2.25. The molecule has 0 bridgehead atoms. The molecule has 1 aliphatic rings. The van der Waals surface area contributed by atoms with Crippen LogP contribution in [-0.4, -0.2) is 59.1 Å². The van der Waals surface area contributed by atoms with Crippen molar-refractivity contribution < 1.29 is 23.5 Å². The highest BCUT2D eigenvalue weighted by Crippen LogP contribution is 2.16. The largest absolute Gasteiger partial charge is 0.480 e. The van der Waals surface area contributed by atoms with Gasteiger partial charge in [-0.15, -0.1) is 0 Å². The van der Waals surface area contributed by atoms with Crippen LogP contribution < -0.4 is 5.32 Å². The summed E-state index contributed by atoms with van der Waals surface area (Å²) in [4.78, 5) is 23.3. The summed E-state index contributed by atoms with van der Waals surface area (Å²) in [5.41, 5.74) is 0. The number of halogens is 2. The number of carbonyl (C=O) groups is 2. The Morgan fingerprint density at radius 1 is 1.56 bits per heavy atom. The number of carbonyl (C=O) groups excluding carboxylic acids is 1. The predicted octanol–water partition coefficient (Wildman–Crippen LogP) is 0.463. The second-order valence-electron chi connectivity index (χ2n) is 3.20. The first-order valence-electron chi connectivity index (χ1n) is 4.65. The number of thioether (sulfide) groups is 1. The number of carboxylic acid groups (broad SMARTS) is 1. The van der Waals surface area contributed by atoms with Crippen LogP contribution in [0, 0.1) is 0 Å². The van der Waals surface area contributed by atoms with Crippen LogP contribution in [-0.2, 0) is 4.79 Å². The fraction of sp³-hybridized carbons (Fsp3) is 0.750. The van der Waals surface area contributed by atoms with Gasteiger partial charge in [-0.3, -0.25) is 0 Å². The molecule has 0 aromatic heterocycles. The summed E-state index contributed by atoms with van der Waals surface area (Å²) in [6.45, 7) is -0.495. The van der Waals surface area contributed by atoms with Gasteiger partial charge < -0.3 is 15.3 Å². The normalized spacial score (nSPS) is 20.9. The van der Waals surface area contributed by atoms with E-state index in [4.69, 9.17) is 5.11 Å². The molecule has 2 N–H and O–H groups in total. The quantitative estimate of drug-likeness (QED) is 0.768. The zero-order valence-electron chi connectivity index (χ0n) is 8.36. The van der Waals surface area contributed by atoms with Gasteiger partial charge in [-0.1, -0.05) is 0 Å². The summed E-state index contributed by atoms with van der Waals surface area (Å²) < 4.78 is 23.7. The highest BCUT2D eigenvalue weighted by atomic mass is 32.2. The molecule has 0 spiro atoms. The molecule has 1 heterocycles. The van der Waals surface area contributed by atoms with Crippen LogP contribution in [0.3, 0.4) is 0 Å². The van der Waals surface area contributed by atoms with Crippen LogP contribution in [0.1, 0.15) is 0 Å². The summed E-state index contributed by atoms with van der Waals surface area (Å²) >= 11 is 1.43. The highest BCUT2D eigenvalue weighted by molar-refractivity contribution is 7.99. The van der Waals surface area contributed by atoms with Gasteiger partial charge in [-0.25, -0.2) is 18.4 Å². The number of urea groups is 1. The molecule has 1 aliphatic heterocycles. The lowest BCUT2D eigenvalue weighted by Gasteiger charge is -2.32. The standard InChI is InChI=1S/C8H12F2N2O3S/c9-6(10)3-11-8(15)12-1-2-16-4-5(12)7(13)14/h5-6H,1-4H2,(H,11,15)(H,13,14). The van der Waals surface area contributed by atoms with Gasteiger partial charge >= 0.3 is 12.0 Å². The number of amides is 2. The van der Waals surface area contributed by atoms with E-state index in [1.807, 2.05) is 5.32 Å². The number of aliphatic carboxylic acids is 1. The average molecular weight is 254 g/mol. The monoisotopic (exact) mass is 254 g/mol. The Labute approximate surface area is 95.2 Å². The first kappa shape index (κ1) is 13.0. The van der Waals surface area contributed by atoms with Crippen molar-refractivity contribution in [2.24, 2.45) is 0 Å². The molecule has 0 aromatic carbocycles. The van der Waals surface area contributed by atoms with E-state index < -0.39 is 31.0 Å². The summed E-state index contributed by atoms with van der Waals surface area (Å²) in [5, 5.41) is 10.9. The van der Waals surface area contributed by atoms with Crippen molar-refractivity contribution in [3.63, 3.8) is 0 Å². The fourth-order valence-electron chi connectivity index (χ4n) is 1.32. The topological polar surface area (TPSA) is 69.6 Å². The van der Waals surface area contributed by atoms with E-state index in [0.29, 0.717) is 5.75 Å². The number of hydrogen-bond donors (Lipinski definition) is 2. The van der Waals surface area contributed by atoms with Crippen molar-refractivity contribution in [3.05, 3.63) is 0 Å². The third kappa shape index (κ3) is 3.51. The number of nitrogens with zero attached hydrogens (tertiary/aromatic N) is 1. The van der Waals surface area contributed by atoms with Crippen LogP contribution >= 0.6 is 11.8 Å². The third-order valence-corrected chi connectivity index (χ3v) is 3.10. The Morgan fingerprint density at radius 2 is 2.25 bits per heavy atom. The lowest BCUT2D eigenvalue weighted by atomic mass is 10.3. The number of nitrogens with one attached hydrogen (secondary N) is 1. The maximum atomic E-state index is 11.9. The molecule has 1 rings (SSSR count). The lowest BCUT2D eigenvalue weighted by Crippen LogP contribution is -2.54. The minimum absolute atomic E-state index is 0.261. The number of hydrogen-bond acceptors (Lipinski definition) is 3. The van der Waals surface area contributed by atoms with Crippen molar-refractivity contribution in [3.8, 4) is 0 Å². The number of alkyl halides is 2. The SMILES string of the molecule is O=C(O)C1CSCCN1C(=O)NCC(F)F. The zero-order chi connectivity index (χ0) is 12.1. The molecule has 1 atom stereocenters. The van der Waals surface area contributed by atoms with Crippen molar-refractivity contribution in [2.45, 2.75) is 12.5 Å². The van der Waals surface area contributed by atoms with Crippen LogP contribution in [0.4, 0.5) is 13.6 Å². The van der Waals surface area contributed by atoms with Gasteiger partial charge in [-0.2, -0.15) is 11.8 Å².